The lowest BCUT2D eigenvalue weighted by molar-refractivity contribution is -0.125. The molecule has 7 heteroatoms. The zero-order valence-corrected chi connectivity index (χ0v) is 16.5. The Bertz CT molecular complexity index is 626. The van der Waals surface area contributed by atoms with Crippen LogP contribution in [0.5, 0.6) is 0 Å². The van der Waals surface area contributed by atoms with Gasteiger partial charge in [-0.25, -0.2) is 9.00 Å². The summed E-state index contributed by atoms with van der Waals surface area (Å²) >= 11 is 0. The van der Waals surface area contributed by atoms with E-state index in [1.54, 1.807) is 58.0 Å². The van der Waals surface area contributed by atoms with Crippen molar-refractivity contribution in [2.45, 2.75) is 64.0 Å². The van der Waals surface area contributed by atoms with Crippen LogP contribution in [0.3, 0.4) is 0 Å². The van der Waals surface area contributed by atoms with E-state index in [0.29, 0.717) is 11.3 Å². The minimum absolute atomic E-state index is 0.135. The highest BCUT2D eigenvalue weighted by molar-refractivity contribution is 7.83. The fraction of sp³-hybridized carbons (Fsp3) is 0.556. The van der Waals surface area contributed by atoms with E-state index in [0.717, 1.165) is 0 Å². The van der Waals surface area contributed by atoms with Crippen LogP contribution in [0.1, 0.15) is 48.0 Å². The van der Waals surface area contributed by atoms with Crippen molar-refractivity contribution in [1.82, 2.24) is 10.0 Å². The van der Waals surface area contributed by atoms with Gasteiger partial charge in [0.15, 0.2) is 11.0 Å². The van der Waals surface area contributed by atoms with E-state index in [1.807, 2.05) is 13.8 Å². The number of benzene rings is 1. The summed E-state index contributed by atoms with van der Waals surface area (Å²) in [6, 6.07) is 8.61. The summed E-state index contributed by atoms with van der Waals surface area (Å²) in [6.07, 6.45) is -0.305. The zero-order valence-electron chi connectivity index (χ0n) is 15.7. The van der Waals surface area contributed by atoms with Crippen LogP contribution in [-0.4, -0.2) is 27.3 Å². The molecule has 25 heavy (non-hydrogen) atoms. The first kappa shape index (κ1) is 21.2. The van der Waals surface area contributed by atoms with Crippen molar-refractivity contribution in [2.75, 3.05) is 0 Å². The first-order valence-corrected chi connectivity index (χ1v) is 9.37. The molecule has 0 aromatic heterocycles. The van der Waals surface area contributed by atoms with Gasteiger partial charge in [0.1, 0.15) is 11.1 Å². The molecule has 6 nitrogen and oxygen atoms in total. The molecule has 2 unspecified atom stereocenters. The van der Waals surface area contributed by atoms with Gasteiger partial charge in [0, 0.05) is 0 Å². The maximum atomic E-state index is 12.7. The molecule has 0 aliphatic carbocycles. The fourth-order valence-corrected chi connectivity index (χ4v) is 3.26. The lowest BCUT2D eigenvalue weighted by atomic mass is 9.90. The molecule has 0 saturated carbocycles. The fourth-order valence-electron chi connectivity index (χ4n) is 2.35. The molecule has 140 valence electrons. The van der Waals surface area contributed by atoms with Gasteiger partial charge in [0.25, 0.3) is 5.91 Å². The summed E-state index contributed by atoms with van der Waals surface area (Å²) in [5.74, 6) is -0.384. The minimum atomic E-state index is -1.70. The molecule has 1 rings (SSSR count). The molecule has 0 spiro atoms. The second-order valence-electron chi connectivity index (χ2n) is 7.57. The summed E-state index contributed by atoms with van der Waals surface area (Å²) in [6.45, 7) is 10.7. The number of amides is 2. The average Bonchev–Trinajstić information content (AvgIpc) is 2.44. The Labute approximate surface area is 152 Å². The van der Waals surface area contributed by atoms with Crippen LogP contribution in [0.15, 0.2) is 35.2 Å². The van der Waals surface area contributed by atoms with Gasteiger partial charge in [-0.15, -0.1) is 0 Å². The Balaban J connectivity index is 2.90. The van der Waals surface area contributed by atoms with Crippen LogP contribution in [0.2, 0.25) is 0 Å². The maximum absolute atomic E-state index is 12.7. The second-order valence-corrected chi connectivity index (χ2v) is 8.78. The first-order chi connectivity index (χ1) is 11.4. The predicted octanol–water partition coefficient (Wildman–Crippen LogP) is 3.15. The first-order valence-electron chi connectivity index (χ1n) is 8.22. The van der Waals surface area contributed by atoms with E-state index in [-0.39, 0.29) is 5.92 Å². The van der Waals surface area contributed by atoms with Crippen molar-refractivity contribution < 1.29 is 18.5 Å². The Morgan fingerprint density at radius 3 is 2.16 bits per heavy atom. The van der Waals surface area contributed by atoms with Gasteiger partial charge in [0.2, 0.25) is 0 Å². The second kappa shape index (κ2) is 8.47. The van der Waals surface area contributed by atoms with Crippen LogP contribution in [0.25, 0.3) is 0 Å². The molecule has 1 aromatic carbocycles. The van der Waals surface area contributed by atoms with Gasteiger partial charge < -0.3 is 10.1 Å². The third-order valence-electron chi connectivity index (χ3n) is 3.24. The number of hydrogen-bond acceptors (Lipinski definition) is 4. The van der Waals surface area contributed by atoms with Gasteiger partial charge in [-0.3, -0.25) is 9.52 Å². The van der Waals surface area contributed by atoms with Gasteiger partial charge in [0.05, 0.1) is 4.90 Å². The average molecular weight is 368 g/mol. The number of nitrogens with one attached hydrogen (secondary N) is 2. The molecule has 0 heterocycles. The number of carbonyl (C=O) groups excluding carboxylic acids is 2. The van der Waals surface area contributed by atoms with Gasteiger partial charge in [-0.05, 0) is 52.2 Å². The smallest absolute Gasteiger partial charge is 0.408 e. The monoisotopic (exact) mass is 368 g/mol. The molecule has 0 fully saturated rings. The molecular weight excluding hydrogens is 340 g/mol. The number of rotatable bonds is 6. The lowest BCUT2D eigenvalue weighted by Crippen LogP contribution is -2.58. The van der Waals surface area contributed by atoms with E-state index in [1.165, 1.54) is 0 Å². The van der Waals surface area contributed by atoms with Crippen molar-refractivity contribution in [3.05, 3.63) is 30.3 Å². The summed E-state index contributed by atoms with van der Waals surface area (Å²) in [4.78, 5) is 25.3. The quantitative estimate of drug-likeness (QED) is 0.808. The Kier molecular flexibility index (Phi) is 7.17. The van der Waals surface area contributed by atoms with Crippen LogP contribution < -0.4 is 10.0 Å². The highest BCUT2D eigenvalue weighted by atomic mass is 32.2. The number of ether oxygens (including phenoxy) is 1. The summed E-state index contributed by atoms with van der Waals surface area (Å²) < 4.78 is 20.1. The Morgan fingerprint density at radius 1 is 1.12 bits per heavy atom. The zero-order chi connectivity index (χ0) is 19.3. The standard InChI is InChI=1S/C18H28N2O4S/c1-13(2)12-18(6,19-16(22)24-17(3,4)5)15(21)20-25(23)14-10-8-7-9-11-14/h7-11,13H,12H2,1-6H3,(H,19,22)(H,20,21). The molecule has 0 aliphatic heterocycles. The van der Waals surface area contributed by atoms with Crippen LogP contribution >= 0.6 is 0 Å². The summed E-state index contributed by atoms with van der Waals surface area (Å²) in [7, 11) is -1.70. The molecule has 0 radical (unpaired) electrons. The minimum Gasteiger partial charge on any atom is -0.444 e. The SMILES string of the molecule is CC(C)CC(C)(NC(=O)OC(C)(C)C)C(=O)NS(=O)c1ccccc1. The van der Waals surface area contributed by atoms with E-state index in [4.69, 9.17) is 4.74 Å². The maximum Gasteiger partial charge on any atom is 0.408 e. The third-order valence-corrected chi connectivity index (χ3v) is 4.31. The molecule has 2 N–H and O–H groups in total. The Hall–Kier alpha value is -1.89. The third kappa shape index (κ3) is 7.25. The van der Waals surface area contributed by atoms with E-state index < -0.39 is 34.1 Å². The molecule has 2 amide bonds. The molecule has 2 atom stereocenters. The van der Waals surface area contributed by atoms with Crippen molar-refractivity contribution in [3.63, 3.8) is 0 Å². The van der Waals surface area contributed by atoms with Gasteiger partial charge in [-0.1, -0.05) is 32.0 Å². The van der Waals surface area contributed by atoms with Crippen molar-refractivity contribution in [2.24, 2.45) is 5.92 Å². The largest absolute Gasteiger partial charge is 0.444 e. The number of carbonyl (C=O) groups is 2. The number of hydrogen-bond donors (Lipinski definition) is 2. The van der Waals surface area contributed by atoms with Gasteiger partial charge in [-0.2, -0.15) is 0 Å². The van der Waals surface area contributed by atoms with Crippen LogP contribution in [-0.2, 0) is 20.5 Å². The van der Waals surface area contributed by atoms with Gasteiger partial charge >= 0.3 is 6.09 Å². The van der Waals surface area contributed by atoms with E-state index in [2.05, 4.69) is 10.0 Å². The van der Waals surface area contributed by atoms with E-state index >= 15 is 0 Å². The molecule has 1 aromatic rings. The lowest BCUT2D eigenvalue weighted by Gasteiger charge is -2.32. The van der Waals surface area contributed by atoms with Crippen LogP contribution in [0.4, 0.5) is 4.79 Å². The van der Waals surface area contributed by atoms with E-state index in [9.17, 15) is 13.8 Å². The van der Waals surface area contributed by atoms with Crippen molar-refractivity contribution >= 4 is 23.0 Å². The molecule has 0 saturated heterocycles. The highest BCUT2D eigenvalue weighted by Crippen LogP contribution is 2.19. The predicted molar refractivity (Wildman–Crippen MR) is 98.2 cm³/mol. The number of alkyl carbamates (subject to hydrolysis) is 1. The summed E-state index contributed by atoms with van der Waals surface area (Å²) in [5, 5.41) is 2.63. The van der Waals surface area contributed by atoms with Crippen molar-refractivity contribution in [3.8, 4) is 0 Å². The summed E-state index contributed by atoms with van der Waals surface area (Å²) in [5.41, 5.74) is -1.91. The van der Waals surface area contributed by atoms with Crippen molar-refractivity contribution in [1.29, 1.82) is 0 Å². The normalized spacial score (nSPS) is 15.2. The van der Waals surface area contributed by atoms with Crippen LogP contribution in [0, 0.1) is 5.92 Å². The molecule has 0 aliphatic rings. The molecule has 0 bridgehead atoms. The molecular formula is C18H28N2O4S. The Morgan fingerprint density at radius 2 is 1.68 bits per heavy atom. The highest BCUT2D eigenvalue weighted by Gasteiger charge is 2.38. The topological polar surface area (TPSA) is 84.5 Å².